The molecule has 0 aromatic heterocycles. The molecule has 0 unspecified atom stereocenters. The van der Waals surface area contributed by atoms with Crippen LogP contribution < -0.4 is 15.9 Å². The molecule has 0 aliphatic heterocycles. The minimum absolute atomic E-state index is 0.0601. The van der Waals surface area contributed by atoms with E-state index in [0.717, 1.165) is 45.7 Å². The van der Waals surface area contributed by atoms with Crippen molar-refractivity contribution in [2.75, 3.05) is 0 Å². The molecule has 0 heterocycles. The summed E-state index contributed by atoms with van der Waals surface area (Å²) in [6.07, 6.45) is 1.85. The van der Waals surface area contributed by atoms with E-state index < -0.39 is 7.14 Å². The molecule has 4 aromatic carbocycles. The van der Waals surface area contributed by atoms with Crippen molar-refractivity contribution >= 4 is 28.8 Å². The highest BCUT2D eigenvalue weighted by Gasteiger charge is 2.34. The Morgan fingerprint density at radius 2 is 1.26 bits per heavy atom. The van der Waals surface area contributed by atoms with Crippen LogP contribution in [0.15, 0.2) is 91.0 Å². The molecule has 4 rings (SSSR count). The average molecular weight is 467 g/mol. The predicted molar refractivity (Wildman–Crippen MR) is 144 cm³/mol. The van der Waals surface area contributed by atoms with Crippen LogP contribution in [0, 0.1) is 20.8 Å². The van der Waals surface area contributed by atoms with E-state index in [1.165, 1.54) is 0 Å². The molecule has 0 N–H and O–H groups in total. The first-order valence-corrected chi connectivity index (χ1v) is 13.5. The minimum Gasteiger partial charge on any atom is -0.309 e. The monoisotopic (exact) mass is 466 g/mol. The molecule has 0 saturated heterocycles. The Morgan fingerprint density at radius 3 is 1.76 bits per heavy atom. The zero-order chi connectivity index (χ0) is 24.3. The molecule has 4 aromatic rings. The summed E-state index contributed by atoms with van der Waals surface area (Å²) in [5, 5.41) is 2.07. The number of ketones is 1. The van der Waals surface area contributed by atoms with E-state index in [1.54, 1.807) is 0 Å². The fourth-order valence-electron chi connectivity index (χ4n) is 4.86. The molecule has 0 bridgehead atoms. The maximum atomic E-state index is 15.1. The van der Waals surface area contributed by atoms with Crippen molar-refractivity contribution in [3.05, 3.63) is 124 Å². The number of carbonyl (C=O) groups is 1. The van der Waals surface area contributed by atoms with Crippen molar-refractivity contribution in [3.63, 3.8) is 0 Å². The summed E-state index contributed by atoms with van der Waals surface area (Å²) in [4.78, 5) is 14.2. The van der Waals surface area contributed by atoms with Crippen molar-refractivity contribution in [3.8, 4) is 0 Å². The third kappa shape index (κ3) is 4.43. The molecule has 34 heavy (non-hydrogen) atoms. The lowest BCUT2D eigenvalue weighted by molar-refractivity contribution is 0.103. The summed E-state index contributed by atoms with van der Waals surface area (Å²) < 4.78 is 15.1. The van der Waals surface area contributed by atoms with Gasteiger partial charge in [0, 0.05) is 27.0 Å². The standard InChI is InChI=1S/C31H31O2P/c1-5-12-25-17-18-29(28(21-25)31(32)30-23(3)19-22(2)20-24(30)4)34(33,26-13-8-6-9-14-26)27-15-10-7-11-16-27/h6-11,13-21H,5,12H2,1-4H3. The normalized spacial score (nSPS) is 11.4. The maximum absolute atomic E-state index is 15.1. The summed E-state index contributed by atoms with van der Waals surface area (Å²) in [5.74, 6) is -0.0601. The molecule has 0 fully saturated rings. The third-order valence-corrected chi connectivity index (χ3v) is 9.45. The maximum Gasteiger partial charge on any atom is 0.194 e. The van der Waals surface area contributed by atoms with Gasteiger partial charge in [-0.3, -0.25) is 4.79 Å². The van der Waals surface area contributed by atoms with Gasteiger partial charge < -0.3 is 4.57 Å². The third-order valence-electron chi connectivity index (χ3n) is 6.33. The van der Waals surface area contributed by atoms with Crippen molar-refractivity contribution < 1.29 is 9.36 Å². The summed E-state index contributed by atoms with van der Waals surface area (Å²) in [7, 11) is -3.29. The number of carbonyl (C=O) groups excluding carboxylic acids is 1. The number of aryl methyl sites for hydroxylation is 4. The smallest absolute Gasteiger partial charge is 0.194 e. The molecule has 3 heteroatoms. The molecule has 172 valence electrons. The molecule has 0 spiro atoms. The van der Waals surface area contributed by atoms with Crippen molar-refractivity contribution in [1.82, 2.24) is 0 Å². The Hall–Kier alpha value is -3.22. The molecule has 0 amide bonds. The molecule has 0 atom stereocenters. The van der Waals surface area contributed by atoms with Crippen LogP contribution in [-0.2, 0) is 11.0 Å². The van der Waals surface area contributed by atoms with Gasteiger partial charge in [0.15, 0.2) is 12.9 Å². The first kappa shape index (κ1) is 23.9. The van der Waals surface area contributed by atoms with Crippen molar-refractivity contribution in [2.45, 2.75) is 40.5 Å². The van der Waals surface area contributed by atoms with E-state index in [1.807, 2.05) is 112 Å². The highest BCUT2D eigenvalue weighted by molar-refractivity contribution is 7.85. The van der Waals surface area contributed by atoms with Gasteiger partial charge >= 0.3 is 0 Å². The molecule has 0 saturated carbocycles. The lowest BCUT2D eigenvalue weighted by atomic mass is 9.92. The molecule has 0 aliphatic rings. The van der Waals surface area contributed by atoms with Gasteiger partial charge in [0.25, 0.3) is 0 Å². The predicted octanol–water partition coefficient (Wildman–Crippen LogP) is 6.43. The Labute approximate surface area is 203 Å². The van der Waals surface area contributed by atoms with Gasteiger partial charge in [-0.15, -0.1) is 0 Å². The van der Waals surface area contributed by atoms with Crippen LogP contribution in [0.25, 0.3) is 0 Å². The van der Waals surface area contributed by atoms with Crippen LogP contribution in [-0.4, -0.2) is 5.78 Å². The average Bonchev–Trinajstić information content (AvgIpc) is 2.84. The van der Waals surface area contributed by atoms with Gasteiger partial charge in [-0.25, -0.2) is 0 Å². The lowest BCUT2D eigenvalue weighted by Crippen LogP contribution is -2.29. The summed E-state index contributed by atoms with van der Waals surface area (Å²) in [5.41, 5.74) is 5.35. The molecule has 2 nitrogen and oxygen atoms in total. The van der Waals surface area contributed by atoms with Crippen LogP contribution in [0.1, 0.15) is 51.5 Å². The van der Waals surface area contributed by atoms with Crippen molar-refractivity contribution in [1.29, 1.82) is 0 Å². The van der Waals surface area contributed by atoms with Gasteiger partial charge in [-0.1, -0.05) is 97.8 Å². The second-order valence-corrected chi connectivity index (χ2v) is 11.7. The highest BCUT2D eigenvalue weighted by atomic mass is 31.2. The molecular weight excluding hydrogens is 435 g/mol. The van der Waals surface area contributed by atoms with Gasteiger partial charge in [-0.05, 0) is 56.0 Å². The summed E-state index contributed by atoms with van der Waals surface area (Å²) >= 11 is 0. The fourth-order valence-corrected chi connectivity index (χ4v) is 7.69. The van der Waals surface area contributed by atoms with Crippen LogP contribution in [0.3, 0.4) is 0 Å². The lowest BCUT2D eigenvalue weighted by Gasteiger charge is -2.23. The number of benzene rings is 4. The van der Waals surface area contributed by atoms with Crippen LogP contribution in [0.4, 0.5) is 0 Å². The molecule has 0 radical (unpaired) electrons. The van der Waals surface area contributed by atoms with E-state index in [4.69, 9.17) is 0 Å². The Kier molecular flexibility index (Phi) is 7.00. The van der Waals surface area contributed by atoms with Gasteiger partial charge in [0.2, 0.25) is 0 Å². The van der Waals surface area contributed by atoms with Gasteiger partial charge in [0.05, 0.1) is 0 Å². The number of hydrogen-bond acceptors (Lipinski definition) is 2. The van der Waals surface area contributed by atoms with Crippen LogP contribution in [0.2, 0.25) is 0 Å². The zero-order valence-corrected chi connectivity index (χ0v) is 21.2. The summed E-state index contributed by atoms with van der Waals surface area (Å²) in [6.45, 7) is 8.14. The summed E-state index contributed by atoms with van der Waals surface area (Å²) in [6, 6.07) is 29.1. The molecular formula is C31H31O2P. The van der Waals surface area contributed by atoms with E-state index >= 15 is 4.57 Å². The van der Waals surface area contributed by atoms with Gasteiger partial charge in [0.1, 0.15) is 0 Å². The second kappa shape index (κ2) is 9.95. The van der Waals surface area contributed by atoms with E-state index in [-0.39, 0.29) is 5.78 Å². The Balaban J connectivity index is 2.03. The van der Waals surface area contributed by atoms with E-state index in [9.17, 15) is 4.79 Å². The van der Waals surface area contributed by atoms with E-state index in [0.29, 0.717) is 16.4 Å². The number of rotatable bonds is 7. The van der Waals surface area contributed by atoms with Gasteiger partial charge in [-0.2, -0.15) is 0 Å². The number of hydrogen-bond donors (Lipinski definition) is 0. The minimum atomic E-state index is -3.29. The SMILES string of the molecule is CCCc1ccc(P(=O)(c2ccccc2)c2ccccc2)c(C(=O)c2c(C)cc(C)cc2C)c1. The van der Waals surface area contributed by atoms with Crippen LogP contribution in [0.5, 0.6) is 0 Å². The largest absolute Gasteiger partial charge is 0.309 e. The fraction of sp³-hybridized carbons (Fsp3) is 0.194. The first-order valence-electron chi connectivity index (χ1n) is 11.8. The highest BCUT2D eigenvalue weighted by Crippen LogP contribution is 2.44. The van der Waals surface area contributed by atoms with E-state index in [2.05, 4.69) is 6.92 Å². The Bertz CT molecular complexity index is 1300. The van der Waals surface area contributed by atoms with Crippen molar-refractivity contribution in [2.24, 2.45) is 0 Å². The van der Waals surface area contributed by atoms with Crippen LogP contribution >= 0.6 is 7.14 Å². The zero-order valence-electron chi connectivity index (χ0n) is 20.3. The topological polar surface area (TPSA) is 34.1 Å². The molecule has 0 aliphatic carbocycles. The first-order chi connectivity index (χ1) is 16.4. The second-order valence-electron chi connectivity index (χ2n) is 8.98. The Morgan fingerprint density at radius 1 is 0.735 bits per heavy atom. The quantitative estimate of drug-likeness (QED) is 0.232.